The summed E-state index contributed by atoms with van der Waals surface area (Å²) in [6.07, 6.45) is 2.36. The zero-order chi connectivity index (χ0) is 10.3. The minimum Gasteiger partial charge on any atom is -0.327 e. The van der Waals surface area contributed by atoms with Crippen LogP contribution in [0.2, 0.25) is 0 Å². The third-order valence-electron chi connectivity index (χ3n) is 4.05. The fraction of sp³-hybridized carbons (Fsp3) is 0.667. The molecular formula is C12H19NS. The van der Waals surface area contributed by atoms with E-state index in [0.717, 1.165) is 0 Å². The molecule has 0 saturated heterocycles. The molecule has 0 amide bonds. The van der Waals surface area contributed by atoms with Crippen LogP contribution in [0, 0.1) is 12.3 Å². The normalized spacial score (nSPS) is 36.9. The topological polar surface area (TPSA) is 26.0 Å². The van der Waals surface area contributed by atoms with Crippen molar-refractivity contribution < 1.29 is 0 Å². The van der Waals surface area contributed by atoms with Crippen LogP contribution in [-0.2, 0) is 0 Å². The first-order valence-electron chi connectivity index (χ1n) is 5.38. The molecule has 14 heavy (non-hydrogen) atoms. The molecule has 0 aromatic carbocycles. The van der Waals surface area contributed by atoms with Crippen LogP contribution in [0.3, 0.4) is 0 Å². The van der Waals surface area contributed by atoms with E-state index in [1.54, 1.807) is 0 Å². The summed E-state index contributed by atoms with van der Waals surface area (Å²) in [5, 5.41) is 2.31. The van der Waals surface area contributed by atoms with Gasteiger partial charge in [-0.05, 0) is 48.1 Å². The lowest BCUT2D eigenvalue weighted by Gasteiger charge is -2.52. The van der Waals surface area contributed by atoms with Crippen molar-refractivity contribution in [3.05, 3.63) is 21.9 Å². The molecule has 0 bridgehead atoms. The Bertz CT molecular complexity index is 331. The lowest BCUT2D eigenvalue weighted by atomic mass is 9.55. The van der Waals surface area contributed by atoms with Gasteiger partial charge >= 0.3 is 0 Å². The SMILES string of the molecule is CCC1(C)C(N)CC1c1csc(C)c1. The number of hydrogen-bond acceptors (Lipinski definition) is 2. The highest BCUT2D eigenvalue weighted by molar-refractivity contribution is 7.10. The molecule has 1 heterocycles. The van der Waals surface area contributed by atoms with Crippen LogP contribution in [-0.4, -0.2) is 6.04 Å². The highest BCUT2D eigenvalue weighted by Crippen LogP contribution is 2.54. The summed E-state index contributed by atoms with van der Waals surface area (Å²) in [4.78, 5) is 1.42. The minimum atomic E-state index is 0.341. The largest absolute Gasteiger partial charge is 0.327 e. The Kier molecular flexibility index (Phi) is 2.44. The maximum atomic E-state index is 6.11. The monoisotopic (exact) mass is 209 g/mol. The van der Waals surface area contributed by atoms with Crippen molar-refractivity contribution in [1.29, 1.82) is 0 Å². The van der Waals surface area contributed by atoms with E-state index in [1.807, 2.05) is 11.3 Å². The lowest BCUT2D eigenvalue weighted by Crippen LogP contribution is -2.54. The molecule has 1 nitrogen and oxygen atoms in total. The number of hydrogen-bond donors (Lipinski definition) is 1. The van der Waals surface area contributed by atoms with Gasteiger partial charge in [0.1, 0.15) is 0 Å². The van der Waals surface area contributed by atoms with Crippen LogP contribution in [0.5, 0.6) is 0 Å². The molecule has 2 rings (SSSR count). The van der Waals surface area contributed by atoms with E-state index in [-0.39, 0.29) is 0 Å². The molecule has 3 atom stereocenters. The number of thiophene rings is 1. The molecule has 1 aromatic rings. The summed E-state index contributed by atoms with van der Waals surface area (Å²) in [5.41, 5.74) is 7.96. The van der Waals surface area contributed by atoms with Gasteiger partial charge in [-0.1, -0.05) is 13.8 Å². The molecule has 0 radical (unpaired) electrons. The van der Waals surface area contributed by atoms with Gasteiger partial charge < -0.3 is 5.73 Å². The van der Waals surface area contributed by atoms with Gasteiger partial charge in [-0.25, -0.2) is 0 Å². The molecule has 0 aliphatic heterocycles. The summed E-state index contributed by atoms with van der Waals surface area (Å²) < 4.78 is 0. The van der Waals surface area contributed by atoms with E-state index in [2.05, 4.69) is 32.2 Å². The van der Waals surface area contributed by atoms with Crippen LogP contribution < -0.4 is 5.73 Å². The summed E-state index contributed by atoms with van der Waals surface area (Å²) in [5.74, 6) is 0.701. The van der Waals surface area contributed by atoms with Gasteiger partial charge in [0, 0.05) is 10.9 Å². The summed E-state index contributed by atoms with van der Waals surface area (Å²) in [6, 6.07) is 2.73. The Morgan fingerprint density at radius 1 is 1.64 bits per heavy atom. The summed E-state index contributed by atoms with van der Waals surface area (Å²) in [6.45, 7) is 6.76. The van der Waals surface area contributed by atoms with Crippen molar-refractivity contribution in [2.45, 2.75) is 45.6 Å². The van der Waals surface area contributed by atoms with E-state index >= 15 is 0 Å². The fourth-order valence-corrected chi connectivity index (χ4v) is 3.32. The molecule has 1 fully saturated rings. The Labute approximate surface area is 90.3 Å². The zero-order valence-electron chi connectivity index (χ0n) is 9.21. The predicted molar refractivity (Wildman–Crippen MR) is 62.8 cm³/mol. The average Bonchev–Trinajstić information content (AvgIpc) is 2.59. The van der Waals surface area contributed by atoms with Crippen molar-refractivity contribution in [2.75, 3.05) is 0 Å². The van der Waals surface area contributed by atoms with Crippen molar-refractivity contribution in [1.82, 2.24) is 0 Å². The number of aryl methyl sites for hydroxylation is 1. The molecule has 1 saturated carbocycles. The van der Waals surface area contributed by atoms with Gasteiger partial charge in [0.25, 0.3) is 0 Å². The predicted octanol–water partition coefficient (Wildman–Crippen LogP) is 3.29. The lowest BCUT2D eigenvalue weighted by molar-refractivity contribution is 0.0708. The van der Waals surface area contributed by atoms with Crippen molar-refractivity contribution in [2.24, 2.45) is 11.1 Å². The van der Waals surface area contributed by atoms with E-state index in [4.69, 9.17) is 5.73 Å². The van der Waals surface area contributed by atoms with Crippen LogP contribution in [0.4, 0.5) is 0 Å². The molecule has 78 valence electrons. The Morgan fingerprint density at radius 2 is 2.36 bits per heavy atom. The van der Waals surface area contributed by atoms with Gasteiger partial charge in [-0.15, -0.1) is 11.3 Å². The van der Waals surface area contributed by atoms with Gasteiger partial charge in [-0.3, -0.25) is 0 Å². The van der Waals surface area contributed by atoms with Crippen molar-refractivity contribution in [3.63, 3.8) is 0 Å². The van der Waals surface area contributed by atoms with Gasteiger partial charge in [0.15, 0.2) is 0 Å². The Morgan fingerprint density at radius 3 is 2.79 bits per heavy atom. The van der Waals surface area contributed by atoms with Crippen LogP contribution in [0.1, 0.15) is 43.0 Å². The van der Waals surface area contributed by atoms with Crippen LogP contribution >= 0.6 is 11.3 Å². The smallest absolute Gasteiger partial charge is 0.0105 e. The number of nitrogens with two attached hydrogens (primary N) is 1. The van der Waals surface area contributed by atoms with Gasteiger partial charge in [0.05, 0.1) is 0 Å². The zero-order valence-corrected chi connectivity index (χ0v) is 10.0. The van der Waals surface area contributed by atoms with Crippen LogP contribution in [0.15, 0.2) is 11.4 Å². The molecule has 2 heteroatoms. The minimum absolute atomic E-state index is 0.341. The second-order valence-corrected chi connectivity index (χ2v) is 5.86. The van der Waals surface area contributed by atoms with Gasteiger partial charge in [-0.2, -0.15) is 0 Å². The standard InChI is InChI=1S/C12H19NS/c1-4-12(3)10(6-11(12)13)9-5-8(2)14-7-9/h5,7,10-11H,4,6,13H2,1-3H3. The van der Waals surface area contributed by atoms with E-state index < -0.39 is 0 Å². The average molecular weight is 209 g/mol. The van der Waals surface area contributed by atoms with E-state index in [0.29, 0.717) is 17.4 Å². The molecule has 3 unspecified atom stereocenters. The third kappa shape index (κ3) is 1.32. The van der Waals surface area contributed by atoms with E-state index in [1.165, 1.54) is 23.3 Å². The second kappa shape index (κ2) is 3.35. The fourth-order valence-electron chi connectivity index (χ4n) is 2.56. The Balaban J connectivity index is 2.22. The second-order valence-electron chi connectivity index (χ2n) is 4.74. The maximum absolute atomic E-state index is 6.11. The first-order valence-corrected chi connectivity index (χ1v) is 6.26. The van der Waals surface area contributed by atoms with Crippen LogP contribution in [0.25, 0.3) is 0 Å². The highest BCUT2D eigenvalue weighted by Gasteiger charge is 2.48. The quantitative estimate of drug-likeness (QED) is 0.794. The maximum Gasteiger partial charge on any atom is 0.0105 e. The molecule has 1 aliphatic carbocycles. The Hall–Kier alpha value is -0.340. The van der Waals surface area contributed by atoms with Crippen molar-refractivity contribution in [3.8, 4) is 0 Å². The molecule has 1 aliphatic rings. The summed E-state index contributed by atoms with van der Waals surface area (Å²) >= 11 is 1.85. The van der Waals surface area contributed by atoms with Gasteiger partial charge in [0.2, 0.25) is 0 Å². The first kappa shape index (κ1) is 10.2. The molecule has 2 N–H and O–H groups in total. The number of rotatable bonds is 2. The first-order chi connectivity index (χ1) is 6.58. The molecule has 0 spiro atoms. The summed E-state index contributed by atoms with van der Waals surface area (Å²) in [7, 11) is 0. The van der Waals surface area contributed by atoms with Crippen molar-refractivity contribution >= 4 is 11.3 Å². The highest BCUT2D eigenvalue weighted by atomic mass is 32.1. The molecular weight excluding hydrogens is 190 g/mol. The van der Waals surface area contributed by atoms with E-state index in [9.17, 15) is 0 Å². The third-order valence-corrected chi connectivity index (χ3v) is 4.93. The molecule has 1 aromatic heterocycles.